The predicted octanol–water partition coefficient (Wildman–Crippen LogP) is 3.01. The molecule has 10 heteroatoms. The van der Waals surface area contributed by atoms with Crippen LogP contribution in [-0.4, -0.2) is 42.6 Å². The zero-order valence-electron chi connectivity index (χ0n) is 13.2. The topological polar surface area (TPSA) is 85.5 Å². The number of hydrogen-bond donors (Lipinski definition) is 0. The van der Waals surface area contributed by atoms with E-state index in [4.69, 9.17) is 20.8 Å². The van der Waals surface area contributed by atoms with E-state index >= 15 is 0 Å². The summed E-state index contributed by atoms with van der Waals surface area (Å²) in [6.45, 7) is 2.33. The molecule has 132 valence electrons. The van der Waals surface area contributed by atoms with E-state index in [1.165, 1.54) is 15.6 Å². The van der Waals surface area contributed by atoms with Crippen molar-refractivity contribution in [3.05, 3.63) is 40.4 Å². The van der Waals surface area contributed by atoms with Gasteiger partial charge in [0.2, 0.25) is 21.8 Å². The summed E-state index contributed by atoms with van der Waals surface area (Å²) in [7, 11) is -3.68. The third-order valence-electron chi connectivity index (χ3n) is 3.96. The molecule has 0 radical (unpaired) electrons. The summed E-state index contributed by atoms with van der Waals surface area (Å²) in [5, 5.41) is 10.5. The smallest absolute Gasteiger partial charge is 0.246 e. The van der Waals surface area contributed by atoms with Gasteiger partial charge in [0.05, 0.1) is 6.61 Å². The minimum atomic E-state index is -3.68. The van der Waals surface area contributed by atoms with Crippen molar-refractivity contribution in [1.82, 2.24) is 14.5 Å². The highest BCUT2D eigenvalue weighted by Crippen LogP contribution is 2.34. The third-order valence-corrected chi connectivity index (χ3v) is 7.22. The number of thiophene rings is 1. The van der Waals surface area contributed by atoms with Crippen LogP contribution in [0.4, 0.5) is 0 Å². The highest BCUT2D eigenvalue weighted by molar-refractivity contribution is 7.89. The second-order valence-electron chi connectivity index (χ2n) is 5.62. The van der Waals surface area contributed by atoms with E-state index in [0.29, 0.717) is 16.3 Å². The maximum Gasteiger partial charge on any atom is 0.246 e. The summed E-state index contributed by atoms with van der Waals surface area (Å²) < 4.78 is 39.5. The molecule has 0 unspecified atom stereocenters. The molecule has 4 rings (SSSR count). The van der Waals surface area contributed by atoms with Crippen LogP contribution in [-0.2, 0) is 14.8 Å². The third kappa shape index (κ3) is 3.06. The first-order chi connectivity index (χ1) is 11.9. The molecule has 1 fully saturated rings. The quantitative estimate of drug-likeness (QED) is 0.673. The van der Waals surface area contributed by atoms with E-state index in [2.05, 4.69) is 10.2 Å². The van der Waals surface area contributed by atoms with Crippen molar-refractivity contribution in [2.75, 3.05) is 19.7 Å². The molecule has 25 heavy (non-hydrogen) atoms. The summed E-state index contributed by atoms with van der Waals surface area (Å²) in [5.74, 6) is 0.702. The Bertz CT molecular complexity index is 1030. The molecule has 1 aliphatic heterocycles. The Morgan fingerprint density at radius 2 is 2.20 bits per heavy atom. The van der Waals surface area contributed by atoms with E-state index < -0.39 is 16.1 Å². The van der Waals surface area contributed by atoms with Gasteiger partial charge >= 0.3 is 0 Å². The van der Waals surface area contributed by atoms with E-state index in [9.17, 15) is 8.42 Å². The van der Waals surface area contributed by atoms with Crippen LogP contribution < -0.4 is 0 Å². The lowest BCUT2D eigenvalue weighted by Crippen LogP contribution is -2.42. The molecular weight excluding hydrogens is 386 g/mol. The van der Waals surface area contributed by atoms with Gasteiger partial charge in [0.1, 0.15) is 11.0 Å². The van der Waals surface area contributed by atoms with Gasteiger partial charge in [-0.2, -0.15) is 4.31 Å². The number of sulfonamides is 1. The number of morpholine rings is 1. The van der Waals surface area contributed by atoms with E-state index in [1.54, 1.807) is 24.4 Å². The van der Waals surface area contributed by atoms with Crippen molar-refractivity contribution < 1.29 is 17.6 Å². The van der Waals surface area contributed by atoms with Crippen LogP contribution in [0, 0.1) is 6.92 Å². The predicted molar refractivity (Wildman–Crippen MR) is 93.3 cm³/mol. The first-order valence-electron chi connectivity index (χ1n) is 7.53. The molecule has 0 saturated carbocycles. The Kier molecular flexibility index (Phi) is 4.28. The fourth-order valence-electron chi connectivity index (χ4n) is 2.75. The zero-order valence-corrected chi connectivity index (χ0v) is 15.6. The van der Waals surface area contributed by atoms with Crippen LogP contribution in [0.1, 0.15) is 17.9 Å². The van der Waals surface area contributed by atoms with Gasteiger partial charge in [0.15, 0.2) is 0 Å². The zero-order chi connectivity index (χ0) is 17.6. The fourth-order valence-corrected chi connectivity index (χ4v) is 5.79. The summed E-state index contributed by atoms with van der Waals surface area (Å²) in [6, 6.07) is 5.25. The van der Waals surface area contributed by atoms with Crippen molar-refractivity contribution in [3.8, 4) is 0 Å². The normalized spacial score (nSPS) is 19.5. The molecule has 7 nitrogen and oxygen atoms in total. The van der Waals surface area contributed by atoms with Gasteiger partial charge in [-0.15, -0.1) is 21.5 Å². The molecule has 1 aliphatic rings. The Morgan fingerprint density at radius 3 is 2.96 bits per heavy atom. The number of aromatic nitrogens is 2. The molecule has 0 bridgehead atoms. The van der Waals surface area contributed by atoms with Crippen LogP contribution >= 0.6 is 22.9 Å². The number of nitrogens with zero attached hydrogens (tertiary/aromatic N) is 3. The first-order valence-corrected chi connectivity index (χ1v) is 10.2. The van der Waals surface area contributed by atoms with Gasteiger partial charge in [0, 0.05) is 40.5 Å². The lowest BCUT2D eigenvalue weighted by atomic mass is 10.3. The highest BCUT2D eigenvalue weighted by Gasteiger charge is 2.35. The summed E-state index contributed by atoms with van der Waals surface area (Å²) in [6.07, 6.45) is -0.571. The molecule has 0 amide bonds. The molecule has 1 atom stereocenters. The van der Waals surface area contributed by atoms with Gasteiger partial charge in [-0.25, -0.2) is 8.42 Å². The Morgan fingerprint density at radius 1 is 1.36 bits per heavy atom. The summed E-state index contributed by atoms with van der Waals surface area (Å²) >= 11 is 7.41. The van der Waals surface area contributed by atoms with Crippen molar-refractivity contribution in [1.29, 1.82) is 0 Å². The average Bonchev–Trinajstić information content (AvgIpc) is 3.21. The molecule has 3 heterocycles. The molecule has 2 aromatic heterocycles. The Balaban J connectivity index is 1.68. The molecule has 1 saturated heterocycles. The standard InChI is InChI=1S/C15H14ClN3O4S2/c1-9-17-18-15(23-9)12-7-19(4-5-22-12)25(20,21)14-8-24-13-3-2-10(16)6-11(13)14/h2-3,6,8,12H,4-5,7H2,1H3/t12-/m1/s1. The molecular formula is C15H14ClN3O4S2. The SMILES string of the molecule is Cc1nnc([C@H]2CN(S(=O)(=O)c3csc4ccc(Cl)cc34)CCO2)o1. The van der Waals surface area contributed by atoms with Crippen LogP contribution in [0.25, 0.3) is 10.1 Å². The van der Waals surface area contributed by atoms with E-state index in [0.717, 1.165) is 4.70 Å². The number of halogens is 1. The lowest BCUT2D eigenvalue weighted by Gasteiger charge is -2.30. The van der Waals surface area contributed by atoms with Gasteiger partial charge in [-0.05, 0) is 18.2 Å². The van der Waals surface area contributed by atoms with Gasteiger partial charge in [0.25, 0.3) is 0 Å². The summed E-state index contributed by atoms with van der Waals surface area (Å²) in [4.78, 5) is 0.261. The number of aryl methyl sites for hydroxylation is 1. The van der Waals surface area contributed by atoms with Gasteiger partial charge in [-0.3, -0.25) is 0 Å². The van der Waals surface area contributed by atoms with Crippen LogP contribution in [0.3, 0.4) is 0 Å². The van der Waals surface area contributed by atoms with Gasteiger partial charge < -0.3 is 9.15 Å². The van der Waals surface area contributed by atoms with Crippen LogP contribution in [0.5, 0.6) is 0 Å². The maximum absolute atomic E-state index is 13.1. The van der Waals surface area contributed by atoms with E-state index in [1.807, 2.05) is 6.07 Å². The second kappa shape index (κ2) is 6.33. The maximum atomic E-state index is 13.1. The minimum absolute atomic E-state index is 0.127. The van der Waals surface area contributed by atoms with Crippen LogP contribution in [0.2, 0.25) is 5.02 Å². The minimum Gasteiger partial charge on any atom is -0.423 e. The Labute approximate surface area is 153 Å². The first kappa shape index (κ1) is 16.9. The monoisotopic (exact) mass is 399 g/mol. The van der Waals surface area contributed by atoms with Crippen molar-refractivity contribution in [3.63, 3.8) is 0 Å². The van der Waals surface area contributed by atoms with Crippen molar-refractivity contribution in [2.24, 2.45) is 0 Å². The lowest BCUT2D eigenvalue weighted by molar-refractivity contribution is -0.0176. The van der Waals surface area contributed by atoms with Gasteiger partial charge in [-0.1, -0.05) is 11.6 Å². The molecule has 0 aliphatic carbocycles. The summed E-state index contributed by atoms with van der Waals surface area (Å²) in [5.41, 5.74) is 0. The number of fused-ring (bicyclic) bond motifs is 1. The van der Waals surface area contributed by atoms with Crippen molar-refractivity contribution in [2.45, 2.75) is 17.9 Å². The highest BCUT2D eigenvalue weighted by atomic mass is 35.5. The number of hydrogen-bond acceptors (Lipinski definition) is 7. The largest absolute Gasteiger partial charge is 0.423 e. The molecule has 0 spiro atoms. The Hall–Kier alpha value is -1.52. The fraction of sp³-hybridized carbons (Fsp3) is 0.333. The number of rotatable bonds is 3. The van der Waals surface area contributed by atoms with E-state index in [-0.39, 0.29) is 30.5 Å². The number of benzene rings is 1. The van der Waals surface area contributed by atoms with Crippen LogP contribution in [0.15, 0.2) is 32.9 Å². The van der Waals surface area contributed by atoms with Crippen molar-refractivity contribution >= 4 is 43.0 Å². The molecule has 0 N–H and O–H groups in total. The molecule has 1 aromatic carbocycles. The average molecular weight is 400 g/mol. The molecule has 3 aromatic rings. The number of ether oxygens (including phenoxy) is 1. The second-order valence-corrected chi connectivity index (χ2v) is 8.88.